The lowest BCUT2D eigenvalue weighted by atomic mass is 10.2. The van der Waals surface area contributed by atoms with Gasteiger partial charge in [0.25, 0.3) is 0 Å². The second-order valence-electron chi connectivity index (χ2n) is 6.50. The number of aromatic nitrogens is 2. The van der Waals surface area contributed by atoms with Crippen molar-refractivity contribution in [2.24, 2.45) is 4.99 Å². The Kier molecular flexibility index (Phi) is 7.91. The molecule has 1 aromatic rings. The van der Waals surface area contributed by atoms with Gasteiger partial charge in [-0.05, 0) is 33.4 Å². The van der Waals surface area contributed by atoms with Crippen LogP contribution in [0.25, 0.3) is 0 Å². The molecule has 140 valence electrons. The number of anilines is 1. The highest BCUT2D eigenvalue weighted by molar-refractivity contribution is 5.80. The maximum Gasteiger partial charge on any atom is 0.225 e. The molecular weight excluding hydrogens is 314 g/mol. The summed E-state index contributed by atoms with van der Waals surface area (Å²) in [5.74, 6) is 1.84. The third-order valence-electron chi connectivity index (χ3n) is 4.81. The summed E-state index contributed by atoms with van der Waals surface area (Å²) in [4.78, 5) is 20.5. The molecule has 1 fully saturated rings. The minimum atomic E-state index is 0.604. The van der Waals surface area contributed by atoms with Crippen LogP contribution in [0.15, 0.2) is 23.5 Å². The predicted molar refractivity (Wildman–Crippen MR) is 104 cm³/mol. The van der Waals surface area contributed by atoms with Crippen molar-refractivity contribution in [2.75, 3.05) is 57.8 Å². The van der Waals surface area contributed by atoms with E-state index < -0.39 is 0 Å². The molecule has 0 aliphatic carbocycles. The smallest absolute Gasteiger partial charge is 0.225 e. The molecule has 1 unspecified atom stereocenters. The zero-order chi connectivity index (χ0) is 18.1. The van der Waals surface area contributed by atoms with Gasteiger partial charge in [0, 0.05) is 57.7 Å². The number of rotatable bonds is 7. The lowest BCUT2D eigenvalue weighted by Gasteiger charge is -2.36. The summed E-state index contributed by atoms with van der Waals surface area (Å²) in [5, 5.41) is 3.43. The van der Waals surface area contributed by atoms with Crippen LogP contribution in [0, 0.1) is 0 Å². The summed E-state index contributed by atoms with van der Waals surface area (Å²) < 4.78 is 0. The monoisotopic (exact) mass is 347 g/mol. The number of guanidine groups is 1. The van der Waals surface area contributed by atoms with Crippen molar-refractivity contribution >= 4 is 11.9 Å². The van der Waals surface area contributed by atoms with Gasteiger partial charge in [-0.2, -0.15) is 0 Å². The fourth-order valence-corrected chi connectivity index (χ4v) is 2.84. The van der Waals surface area contributed by atoms with Gasteiger partial charge >= 0.3 is 0 Å². The largest absolute Gasteiger partial charge is 0.357 e. The maximum atomic E-state index is 4.83. The average Bonchev–Trinajstić information content (AvgIpc) is 2.67. The molecular formula is C18H33N7. The molecule has 2 heterocycles. The van der Waals surface area contributed by atoms with Crippen LogP contribution in [0.5, 0.6) is 0 Å². The molecule has 0 spiro atoms. The van der Waals surface area contributed by atoms with Crippen molar-refractivity contribution in [3.8, 4) is 0 Å². The fraction of sp³-hybridized carbons (Fsp3) is 0.722. The second kappa shape index (κ2) is 10.2. The van der Waals surface area contributed by atoms with Crippen molar-refractivity contribution in [1.82, 2.24) is 25.1 Å². The van der Waals surface area contributed by atoms with Crippen molar-refractivity contribution in [3.63, 3.8) is 0 Å². The predicted octanol–water partition coefficient (Wildman–Crippen LogP) is 1.29. The van der Waals surface area contributed by atoms with Crippen LogP contribution in [-0.2, 0) is 0 Å². The van der Waals surface area contributed by atoms with Gasteiger partial charge in [-0.3, -0.25) is 4.99 Å². The number of piperazine rings is 1. The molecule has 0 amide bonds. The molecule has 1 saturated heterocycles. The number of likely N-dealkylation sites (N-methyl/N-ethyl adjacent to an activating group) is 1. The van der Waals surface area contributed by atoms with E-state index in [1.807, 2.05) is 6.07 Å². The fourth-order valence-electron chi connectivity index (χ4n) is 2.84. The molecule has 7 heteroatoms. The van der Waals surface area contributed by atoms with Gasteiger partial charge in [0.2, 0.25) is 5.95 Å². The van der Waals surface area contributed by atoms with E-state index in [-0.39, 0.29) is 0 Å². The SMILES string of the molecule is CCNC(=NCCN(C)C(C)CC)N1CCN(c2ncccn2)CC1. The molecule has 25 heavy (non-hydrogen) atoms. The van der Waals surface area contributed by atoms with E-state index in [2.05, 4.69) is 57.8 Å². The highest BCUT2D eigenvalue weighted by Crippen LogP contribution is 2.09. The Morgan fingerprint density at radius 2 is 1.92 bits per heavy atom. The maximum absolute atomic E-state index is 4.83. The Morgan fingerprint density at radius 1 is 1.24 bits per heavy atom. The zero-order valence-electron chi connectivity index (χ0n) is 16.1. The third kappa shape index (κ3) is 5.85. The second-order valence-corrected chi connectivity index (χ2v) is 6.50. The summed E-state index contributed by atoms with van der Waals surface area (Å²) in [6, 6.07) is 2.46. The molecule has 1 aliphatic rings. The van der Waals surface area contributed by atoms with Crippen LogP contribution in [-0.4, -0.2) is 84.6 Å². The van der Waals surface area contributed by atoms with Gasteiger partial charge < -0.3 is 20.0 Å². The topological polar surface area (TPSA) is 59.9 Å². The molecule has 2 rings (SSSR count). The van der Waals surface area contributed by atoms with Crippen molar-refractivity contribution in [2.45, 2.75) is 33.2 Å². The highest BCUT2D eigenvalue weighted by Gasteiger charge is 2.21. The number of nitrogens with zero attached hydrogens (tertiary/aromatic N) is 6. The summed E-state index contributed by atoms with van der Waals surface area (Å²) >= 11 is 0. The molecule has 1 N–H and O–H groups in total. The van der Waals surface area contributed by atoms with E-state index in [9.17, 15) is 0 Å². The van der Waals surface area contributed by atoms with Gasteiger partial charge in [-0.25, -0.2) is 9.97 Å². The first kappa shape index (κ1) is 19.4. The van der Waals surface area contributed by atoms with E-state index in [0.29, 0.717) is 6.04 Å². The van der Waals surface area contributed by atoms with Crippen molar-refractivity contribution < 1.29 is 0 Å². The van der Waals surface area contributed by atoms with E-state index in [0.717, 1.165) is 57.7 Å². The minimum Gasteiger partial charge on any atom is -0.357 e. The quantitative estimate of drug-likeness (QED) is 0.593. The zero-order valence-corrected chi connectivity index (χ0v) is 16.1. The molecule has 7 nitrogen and oxygen atoms in total. The summed E-state index contributed by atoms with van der Waals surface area (Å²) in [6.07, 6.45) is 4.77. The number of hydrogen-bond acceptors (Lipinski definition) is 5. The Hall–Kier alpha value is -1.89. The number of nitrogens with one attached hydrogen (secondary N) is 1. The van der Waals surface area contributed by atoms with Crippen molar-refractivity contribution in [1.29, 1.82) is 0 Å². The van der Waals surface area contributed by atoms with Crippen molar-refractivity contribution in [3.05, 3.63) is 18.5 Å². The van der Waals surface area contributed by atoms with E-state index in [1.165, 1.54) is 6.42 Å². The average molecular weight is 348 g/mol. The summed E-state index contributed by atoms with van der Waals surface area (Å²) in [7, 11) is 2.18. The summed E-state index contributed by atoms with van der Waals surface area (Å²) in [6.45, 7) is 13.0. The van der Waals surface area contributed by atoms with Gasteiger partial charge in [-0.1, -0.05) is 6.92 Å². The minimum absolute atomic E-state index is 0.604. The lowest BCUT2D eigenvalue weighted by molar-refractivity contribution is 0.258. The number of aliphatic imine (C=N–C) groups is 1. The molecule has 1 aromatic heterocycles. The Bertz CT molecular complexity index is 511. The summed E-state index contributed by atoms with van der Waals surface area (Å²) in [5.41, 5.74) is 0. The van der Waals surface area contributed by atoms with Crippen LogP contribution in [0.4, 0.5) is 5.95 Å². The van der Waals surface area contributed by atoms with Crippen LogP contribution in [0.2, 0.25) is 0 Å². The first-order chi connectivity index (χ1) is 12.2. The van der Waals surface area contributed by atoms with Gasteiger partial charge in [0.1, 0.15) is 0 Å². The van der Waals surface area contributed by atoms with Crippen LogP contribution in [0.1, 0.15) is 27.2 Å². The molecule has 0 saturated carbocycles. The van der Waals surface area contributed by atoms with E-state index >= 15 is 0 Å². The Balaban J connectivity index is 1.87. The lowest BCUT2D eigenvalue weighted by Crippen LogP contribution is -2.53. The Labute approximate surface area is 152 Å². The van der Waals surface area contributed by atoms with E-state index in [4.69, 9.17) is 4.99 Å². The van der Waals surface area contributed by atoms with Gasteiger partial charge in [-0.15, -0.1) is 0 Å². The highest BCUT2D eigenvalue weighted by atomic mass is 15.4. The standard InChI is InChI=1S/C18H33N7/c1-5-16(3)23(4)11-10-22-17(19-6-2)24-12-14-25(15-13-24)18-20-8-7-9-21-18/h7-9,16H,5-6,10-15H2,1-4H3,(H,19,22). The Morgan fingerprint density at radius 3 is 2.52 bits per heavy atom. The first-order valence-corrected chi connectivity index (χ1v) is 9.41. The molecule has 0 bridgehead atoms. The van der Waals surface area contributed by atoms with Crippen LogP contribution >= 0.6 is 0 Å². The first-order valence-electron chi connectivity index (χ1n) is 9.41. The molecule has 0 radical (unpaired) electrons. The van der Waals surface area contributed by atoms with Crippen LogP contribution in [0.3, 0.4) is 0 Å². The van der Waals surface area contributed by atoms with Gasteiger partial charge in [0.15, 0.2) is 5.96 Å². The van der Waals surface area contributed by atoms with E-state index in [1.54, 1.807) is 12.4 Å². The molecule has 0 aromatic carbocycles. The normalized spacial score (nSPS) is 17.1. The number of hydrogen-bond donors (Lipinski definition) is 1. The molecule has 1 atom stereocenters. The molecule has 1 aliphatic heterocycles. The third-order valence-corrected chi connectivity index (χ3v) is 4.81. The van der Waals surface area contributed by atoms with Crippen LogP contribution < -0.4 is 10.2 Å². The van der Waals surface area contributed by atoms with Gasteiger partial charge in [0.05, 0.1) is 6.54 Å².